The first-order valence-corrected chi connectivity index (χ1v) is 10.4. The molecule has 0 N–H and O–H groups in total. The Balaban J connectivity index is 1.51. The molecule has 1 aromatic carbocycles. The molecule has 9 heteroatoms. The number of piperidine rings is 1. The van der Waals surface area contributed by atoms with Gasteiger partial charge in [-0.15, -0.1) is 0 Å². The van der Waals surface area contributed by atoms with Gasteiger partial charge < -0.3 is 19.4 Å². The van der Waals surface area contributed by atoms with Gasteiger partial charge in [-0.1, -0.05) is 6.92 Å². The topological polar surface area (TPSA) is 87.9 Å². The van der Waals surface area contributed by atoms with Crippen molar-refractivity contribution >= 4 is 23.0 Å². The summed E-state index contributed by atoms with van der Waals surface area (Å²) in [5.41, 5.74) is 1.15. The first-order chi connectivity index (χ1) is 14.6. The van der Waals surface area contributed by atoms with Crippen molar-refractivity contribution in [3.63, 3.8) is 0 Å². The van der Waals surface area contributed by atoms with E-state index in [0.29, 0.717) is 30.6 Å². The Kier molecular flexibility index (Phi) is 5.87. The van der Waals surface area contributed by atoms with Crippen molar-refractivity contribution in [2.45, 2.75) is 19.8 Å². The lowest BCUT2D eigenvalue weighted by atomic mass is 9.99. The molecule has 9 nitrogen and oxygen atoms in total. The van der Waals surface area contributed by atoms with Crippen molar-refractivity contribution in [2.24, 2.45) is 5.92 Å². The van der Waals surface area contributed by atoms with E-state index in [-0.39, 0.29) is 10.6 Å². The molecule has 0 bridgehead atoms. The van der Waals surface area contributed by atoms with E-state index in [1.54, 1.807) is 7.11 Å². The second-order valence-corrected chi connectivity index (χ2v) is 7.97. The normalized spacial score (nSPS) is 17.9. The minimum Gasteiger partial charge on any atom is -0.497 e. The third kappa shape index (κ3) is 4.10. The summed E-state index contributed by atoms with van der Waals surface area (Å²) in [4.78, 5) is 26.6. The van der Waals surface area contributed by atoms with E-state index in [4.69, 9.17) is 4.74 Å². The summed E-state index contributed by atoms with van der Waals surface area (Å²) in [6.45, 7) is 6.68. The molecule has 2 aliphatic rings. The number of rotatable bonds is 5. The lowest BCUT2D eigenvalue weighted by Gasteiger charge is -2.37. The summed E-state index contributed by atoms with van der Waals surface area (Å²) in [5.74, 6) is 2.36. The van der Waals surface area contributed by atoms with Gasteiger partial charge in [0.15, 0.2) is 0 Å². The smallest absolute Gasteiger partial charge is 0.353 e. The van der Waals surface area contributed by atoms with E-state index in [9.17, 15) is 10.1 Å². The molecule has 0 amide bonds. The number of ether oxygens (including phenoxy) is 1. The highest BCUT2D eigenvalue weighted by Crippen LogP contribution is 2.36. The SMILES string of the molecule is COc1ccc(N2CCN(c3ncnc(N4CCC(C)CC4)c3[N+](=O)[O-])CC2)cc1. The van der Waals surface area contributed by atoms with E-state index < -0.39 is 0 Å². The lowest BCUT2D eigenvalue weighted by Crippen LogP contribution is -2.47. The number of benzene rings is 1. The molecule has 2 aromatic rings. The fourth-order valence-corrected chi connectivity index (χ4v) is 4.18. The van der Waals surface area contributed by atoms with Gasteiger partial charge in [-0.05, 0) is 43.0 Å². The molecule has 2 saturated heterocycles. The van der Waals surface area contributed by atoms with Gasteiger partial charge in [0.1, 0.15) is 12.1 Å². The number of hydrogen-bond acceptors (Lipinski definition) is 8. The van der Waals surface area contributed by atoms with Crippen molar-refractivity contribution in [1.29, 1.82) is 0 Å². The van der Waals surface area contributed by atoms with Crippen molar-refractivity contribution in [3.8, 4) is 5.75 Å². The standard InChI is InChI=1S/C21H28N6O3/c1-16-7-9-25(10-8-16)20-19(27(28)29)21(23-15-22-20)26-13-11-24(12-14-26)17-3-5-18(30-2)6-4-17/h3-6,15-16H,7-14H2,1-2H3. The van der Waals surface area contributed by atoms with Crippen LogP contribution in [0.15, 0.2) is 30.6 Å². The molecule has 30 heavy (non-hydrogen) atoms. The fourth-order valence-electron chi connectivity index (χ4n) is 4.18. The molecule has 2 fully saturated rings. The molecular formula is C21H28N6O3. The largest absolute Gasteiger partial charge is 0.497 e. The summed E-state index contributed by atoms with van der Waals surface area (Å²) in [7, 11) is 1.65. The van der Waals surface area contributed by atoms with Crippen LogP contribution in [0.4, 0.5) is 23.0 Å². The van der Waals surface area contributed by atoms with Crippen LogP contribution >= 0.6 is 0 Å². The van der Waals surface area contributed by atoms with Crippen LogP contribution in [0.1, 0.15) is 19.8 Å². The zero-order chi connectivity index (χ0) is 21.1. The number of nitro groups is 1. The Morgan fingerprint density at radius 3 is 2.00 bits per heavy atom. The molecule has 0 aliphatic carbocycles. The van der Waals surface area contributed by atoms with Crippen molar-refractivity contribution in [3.05, 3.63) is 40.7 Å². The van der Waals surface area contributed by atoms with Gasteiger partial charge in [0.05, 0.1) is 12.0 Å². The van der Waals surface area contributed by atoms with Crippen LogP contribution in [0.5, 0.6) is 5.75 Å². The quantitative estimate of drug-likeness (QED) is 0.547. The maximum atomic E-state index is 12.0. The van der Waals surface area contributed by atoms with E-state index >= 15 is 0 Å². The zero-order valence-corrected chi connectivity index (χ0v) is 17.5. The van der Waals surface area contributed by atoms with Crippen LogP contribution in [-0.2, 0) is 0 Å². The highest BCUT2D eigenvalue weighted by Gasteiger charge is 2.32. The monoisotopic (exact) mass is 412 g/mol. The van der Waals surface area contributed by atoms with E-state index in [0.717, 1.165) is 50.5 Å². The van der Waals surface area contributed by atoms with Gasteiger partial charge in [-0.3, -0.25) is 10.1 Å². The van der Waals surface area contributed by atoms with E-state index in [1.165, 1.54) is 6.33 Å². The number of nitrogens with zero attached hydrogens (tertiary/aromatic N) is 6. The first-order valence-electron chi connectivity index (χ1n) is 10.4. The molecule has 2 aliphatic heterocycles. The Morgan fingerprint density at radius 1 is 0.933 bits per heavy atom. The Bertz CT molecular complexity index is 875. The highest BCUT2D eigenvalue weighted by molar-refractivity contribution is 5.71. The summed E-state index contributed by atoms with van der Waals surface area (Å²) >= 11 is 0. The third-order valence-electron chi connectivity index (χ3n) is 6.07. The molecule has 0 atom stereocenters. The molecule has 0 saturated carbocycles. The van der Waals surface area contributed by atoms with Gasteiger partial charge in [0, 0.05) is 45.0 Å². The fraction of sp³-hybridized carbons (Fsp3) is 0.524. The highest BCUT2D eigenvalue weighted by atomic mass is 16.6. The van der Waals surface area contributed by atoms with Gasteiger partial charge in [-0.2, -0.15) is 0 Å². The van der Waals surface area contributed by atoms with Gasteiger partial charge in [-0.25, -0.2) is 9.97 Å². The number of anilines is 3. The van der Waals surface area contributed by atoms with Crippen molar-refractivity contribution in [1.82, 2.24) is 9.97 Å². The summed E-state index contributed by atoms with van der Waals surface area (Å²) in [6.07, 6.45) is 3.51. The Hall–Kier alpha value is -3.10. The van der Waals surface area contributed by atoms with E-state index in [1.807, 2.05) is 34.1 Å². The molecule has 0 radical (unpaired) electrons. The average molecular weight is 412 g/mol. The number of aromatic nitrogens is 2. The minimum atomic E-state index is -0.321. The summed E-state index contributed by atoms with van der Waals surface area (Å²) in [6, 6.07) is 7.97. The first kappa shape index (κ1) is 20.2. The Labute approximate surface area is 176 Å². The van der Waals surface area contributed by atoms with Crippen LogP contribution < -0.4 is 19.4 Å². The lowest BCUT2D eigenvalue weighted by molar-refractivity contribution is -0.383. The molecule has 1 aromatic heterocycles. The van der Waals surface area contributed by atoms with Crippen LogP contribution in [0.3, 0.4) is 0 Å². The predicted molar refractivity (Wildman–Crippen MR) is 117 cm³/mol. The van der Waals surface area contributed by atoms with Crippen LogP contribution in [0, 0.1) is 16.0 Å². The number of hydrogen-bond donors (Lipinski definition) is 0. The van der Waals surface area contributed by atoms with Gasteiger partial charge >= 0.3 is 5.69 Å². The molecule has 4 rings (SSSR count). The van der Waals surface area contributed by atoms with Crippen LogP contribution in [0.25, 0.3) is 0 Å². The number of piperazine rings is 1. The summed E-state index contributed by atoms with van der Waals surface area (Å²) in [5, 5.41) is 12.0. The number of methoxy groups -OCH3 is 1. The molecular weight excluding hydrogens is 384 g/mol. The maximum Gasteiger partial charge on any atom is 0.353 e. The van der Waals surface area contributed by atoms with Gasteiger partial charge in [0.25, 0.3) is 0 Å². The zero-order valence-electron chi connectivity index (χ0n) is 17.5. The molecule has 0 spiro atoms. The average Bonchev–Trinajstić information content (AvgIpc) is 2.79. The van der Waals surface area contributed by atoms with E-state index in [2.05, 4.69) is 21.8 Å². The predicted octanol–water partition coefficient (Wildman–Crippen LogP) is 2.96. The molecule has 0 unspecified atom stereocenters. The minimum absolute atomic E-state index is 0.0324. The Morgan fingerprint density at radius 2 is 1.47 bits per heavy atom. The molecule has 3 heterocycles. The second kappa shape index (κ2) is 8.73. The van der Waals surface area contributed by atoms with Crippen molar-refractivity contribution in [2.75, 3.05) is 61.1 Å². The van der Waals surface area contributed by atoms with Crippen LogP contribution in [0.2, 0.25) is 0 Å². The third-order valence-corrected chi connectivity index (χ3v) is 6.07. The molecule has 160 valence electrons. The second-order valence-electron chi connectivity index (χ2n) is 7.97. The summed E-state index contributed by atoms with van der Waals surface area (Å²) < 4.78 is 5.23. The van der Waals surface area contributed by atoms with Gasteiger partial charge in [0.2, 0.25) is 11.6 Å². The van der Waals surface area contributed by atoms with Crippen molar-refractivity contribution < 1.29 is 9.66 Å². The van der Waals surface area contributed by atoms with Crippen LogP contribution in [-0.4, -0.2) is 61.3 Å². The maximum absolute atomic E-state index is 12.0.